The first-order valence-corrected chi connectivity index (χ1v) is 8.74. The Morgan fingerprint density at radius 3 is 2.43 bits per heavy atom. The van der Waals surface area contributed by atoms with Crippen molar-refractivity contribution in [3.63, 3.8) is 0 Å². The van der Waals surface area contributed by atoms with Gasteiger partial charge < -0.3 is 25.3 Å². The van der Waals surface area contributed by atoms with Crippen molar-refractivity contribution in [2.45, 2.75) is 12.3 Å². The van der Waals surface area contributed by atoms with Gasteiger partial charge in [-0.3, -0.25) is 10.4 Å². The zero-order valence-electron chi connectivity index (χ0n) is 15.4. The predicted octanol–water partition coefficient (Wildman–Crippen LogP) is 2.77. The summed E-state index contributed by atoms with van der Waals surface area (Å²) in [7, 11) is 0. The molecule has 30 heavy (non-hydrogen) atoms. The van der Waals surface area contributed by atoms with Crippen LogP contribution in [0, 0.1) is 5.41 Å². The molecule has 3 rings (SSSR count). The maximum absolute atomic E-state index is 12.7. The lowest BCUT2D eigenvalue weighted by Gasteiger charge is -2.11. The Morgan fingerprint density at radius 2 is 1.83 bits per heavy atom. The second kappa shape index (κ2) is 8.93. The molecular weight excluding hydrogens is 403 g/mol. The summed E-state index contributed by atoms with van der Waals surface area (Å²) in [6.45, 7) is -0.402. The minimum absolute atomic E-state index is 0.0139. The smallest absolute Gasteiger partial charge is 0.416 e. The van der Waals surface area contributed by atoms with Crippen LogP contribution >= 0.6 is 0 Å². The molecule has 0 saturated carbocycles. The SMILES string of the molecule is N=C(NC[C@@H](O)CO)c1ccc(Nc2ncc(-c3ccc(C(F)(F)F)cc3)o2)cn1. The van der Waals surface area contributed by atoms with Crippen LogP contribution in [-0.4, -0.2) is 45.3 Å². The summed E-state index contributed by atoms with van der Waals surface area (Å²) in [5.41, 5.74) is 0.536. The van der Waals surface area contributed by atoms with Gasteiger partial charge in [-0.05, 0) is 24.3 Å². The Labute approximate surface area is 168 Å². The lowest BCUT2D eigenvalue weighted by molar-refractivity contribution is -0.137. The molecule has 0 fully saturated rings. The van der Waals surface area contributed by atoms with E-state index < -0.39 is 24.5 Å². The molecule has 0 radical (unpaired) electrons. The van der Waals surface area contributed by atoms with Gasteiger partial charge in [-0.15, -0.1) is 0 Å². The highest BCUT2D eigenvalue weighted by Gasteiger charge is 2.30. The minimum Gasteiger partial charge on any atom is -0.423 e. The molecule has 0 bridgehead atoms. The summed E-state index contributed by atoms with van der Waals surface area (Å²) in [6.07, 6.45) is -2.55. The molecule has 11 heteroatoms. The molecule has 5 N–H and O–H groups in total. The van der Waals surface area contributed by atoms with Gasteiger partial charge in [0, 0.05) is 12.1 Å². The number of aromatic nitrogens is 2. The van der Waals surface area contributed by atoms with E-state index >= 15 is 0 Å². The summed E-state index contributed by atoms with van der Waals surface area (Å²) in [6, 6.07) is 7.85. The Hall–Kier alpha value is -3.44. The third kappa shape index (κ3) is 5.33. The van der Waals surface area contributed by atoms with Gasteiger partial charge in [0.1, 0.15) is 11.5 Å². The van der Waals surface area contributed by atoms with Crippen LogP contribution in [0.2, 0.25) is 0 Å². The molecule has 0 aliphatic carbocycles. The first-order chi connectivity index (χ1) is 14.3. The van der Waals surface area contributed by atoms with Gasteiger partial charge in [-0.2, -0.15) is 13.2 Å². The molecule has 0 amide bonds. The Bertz CT molecular complexity index is 988. The normalized spacial score (nSPS) is 12.4. The number of benzene rings is 1. The Kier molecular flexibility index (Phi) is 6.33. The third-order valence-corrected chi connectivity index (χ3v) is 4.00. The van der Waals surface area contributed by atoms with Crippen LogP contribution in [0.3, 0.4) is 0 Å². The van der Waals surface area contributed by atoms with Crippen molar-refractivity contribution in [2.24, 2.45) is 0 Å². The summed E-state index contributed by atoms with van der Waals surface area (Å²) in [5, 5.41) is 31.4. The predicted molar refractivity (Wildman–Crippen MR) is 102 cm³/mol. The topological polar surface area (TPSA) is 127 Å². The molecule has 2 heterocycles. The number of amidine groups is 1. The zero-order valence-corrected chi connectivity index (χ0v) is 15.4. The van der Waals surface area contributed by atoms with E-state index in [0.29, 0.717) is 22.7 Å². The van der Waals surface area contributed by atoms with Gasteiger partial charge in [0.25, 0.3) is 6.01 Å². The quantitative estimate of drug-likeness (QED) is 0.293. The molecule has 0 unspecified atom stereocenters. The second-order valence-electron chi connectivity index (χ2n) is 6.25. The molecule has 0 aliphatic rings. The Balaban J connectivity index is 1.62. The second-order valence-corrected chi connectivity index (χ2v) is 6.25. The van der Waals surface area contributed by atoms with Gasteiger partial charge in [-0.1, -0.05) is 12.1 Å². The van der Waals surface area contributed by atoms with E-state index in [1.165, 1.54) is 24.5 Å². The lowest BCUT2D eigenvalue weighted by Crippen LogP contribution is -2.34. The summed E-state index contributed by atoms with van der Waals surface area (Å²) in [4.78, 5) is 8.15. The summed E-state index contributed by atoms with van der Waals surface area (Å²) >= 11 is 0. The summed E-state index contributed by atoms with van der Waals surface area (Å²) < 4.78 is 43.5. The molecule has 0 saturated heterocycles. The van der Waals surface area contributed by atoms with Crippen molar-refractivity contribution in [1.82, 2.24) is 15.3 Å². The molecular formula is C19H18F3N5O3. The maximum Gasteiger partial charge on any atom is 0.416 e. The number of aliphatic hydroxyl groups excluding tert-OH is 2. The number of halogens is 3. The lowest BCUT2D eigenvalue weighted by atomic mass is 10.1. The number of hydrogen-bond acceptors (Lipinski definition) is 7. The number of pyridine rings is 1. The Morgan fingerprint density at radius 1 is 1.10 bits per heavy atom. The third-order valence-electron chi connectivity index (χ3n) is 4.00. The molecule has 3 aromatic rings. The number of alkyl halides is 3. The van der Waals surface area contributed by atoms with E-state index in [2.05, 4.69) is 20.6 Å². The van der Waals surface area contributed by atoms with Crippen molar-refractivity contribution in [3.05, 3.63) is 60.0 Å². The highest BCUT2D eigenvalue weighted by molar-refractivity contribution is 5.94. The fraction of sp³-hybridized carbons (Fsp3) is 0.211. The molecule has 158 valence electrons. The van der Waals surface area contributed by atoms with Gasteiger partial charge in [0.15, 0.2) is 5.76 Å². The van der Waals surface area contributed by atoms with Crippen molar-refractivity contribution < 1.29 is 27.8 Å². The average molecular weight is 421 g/mol. The fourth-order valence-electron chi connectivity index (χ4n) is 2.40. The van der Waals surface area contributed by atoms with Crippen molar-refractivity contribution in [2.75, 3.05) is 18.5 Å². The number of anilines is 2. The first-order valence-electron chi connectivity index (χ1n) is 8.74. The standard InChI is InChI=1S/C19H18F3N5O3/c20-19(21,22)12-3-1-11(2-4-12)16-9-26-18(30-16)27-13-5-6-15(24-7-13)17(23)25-8-14(29)10-28/h1-7,9,14,28-29H,8,10H2,(H2,23,25)(H,26,27)/t14-/m1/s1. The molecule has 0 spiro atoms. The van der Waals surface area contributed by atoms with E-state index in [-0.39, 0.29) is 18.4 Å². The van der Waals surface area contributed by atoms with Crippen LogP contribution < -0.4 is 10.6 Å². The molecule has 1 atom stereocenters. The molecule has 0 aliphatic heterocycles. The number of oxazole rings is 1. The van der Waals surface area contributed by atoms with Crippen LogP contribution in [0.4, 0.5) is 24.9 Å². The van der Waals surface area contributed by atoms with Crippen LogP contribution in [0.5, 0.6) is 0 Å². The van der Waals surface area contributed by atoms with Gasteiger partial charge in [0.05, 0.1) is 36.4 Å². The van der Waals surface area contributed by atoms with Gasteiger partial charge in [0.2, 0.25) is 0 Å². The monoisotopic (exact) mass is 421 g/mol. The average Bonchev–Trinajstić information content (AvgIpc) is 3.20. The van der Waals surface area contributed by atoms with Gasteiger partial charge >= 0.3 is 6.18 Å². The number of nitrogens with one attached hydrogen (secondary N) is 3. The fourth-order valence-corrected chi connectivity index (χ4v) is 2.40. The van der Waals surface area contributed by atoms with E-state index in [1.54, 1.807) is 12.1 Å². The number of hydrogen-bond donors (Lipinski definition) is 5. The van der Waals surface area contributed by atoms with E-state index in [1.807, 2.05) is 0 Å². The van der Waals surface area contributed by atoms with E-state index in [0.717, 1.165) is 12.1 Å². The molecule has 8 nitrogen and oxygen atoms in total. The highest BCUT2D eigenvalue weighted by atomic mass is 19.4. The largest absolute Gasteiger partial charge is 0.423 e. The van der Waals surface area contributed by atoms with Crippen LogP contribution in [0.25, 0.3) is 11.3 Å². The number of aliphatic hydroxyl groups is 2. The molecule has 2 aromatic heterocycles. The summed E-state index contributed by atoms with van der Waals surface area (Å²) in [5.74, 6) is 0.277. The number of nitrogens with zero attached hydrogens (tertiary/aromatic N) is 2. The molecule has 1 aromatic carbocycles. The van der Waals surface area contributed by atoms with Crippen LogP contribution in [-0.2, 0) is 6.18 Å². The van der Waals surface area contributed by atoms with Crippen molar-refractivity contribution in [1.29, 1.82) is 5.41 Å². The van der Waals surface area contributed by atoms with E-state index in [9.17, 15) is 18.3 Å². The zero-order chi connectivity index (χ0) is 21.7. The van der Waals surface area contributed by atoms with Gasteiger partial charge in [-0.25, -0.2) is 4.98 Å². The van der Waals surface area contributed by atoms with Crippen molar-refractivity contribution >= 4 is 17.5 Å². The van der Waals surface area contributed by atoms with E-state index in [4.69, 9.17) is 14.9 Å². The van der Waals surface area contributed by atoms with Crippen LogP contribution in [0.1, 0.15) is 11.3 Å². The highest BCUT2D eigenvalue weighted by Crippen LogP contribution is 2.31. The minimum atomic E-state index is -4.41. The first kappa shape index (κ1) is 21.3. The van der Waals surface area contributed by atoms with Crippen molar-refractivity contribution in [3.8, 4) is 11.3 Å². The van der Waals surface area contributed by atoms with Crippen LogP contribution in [0.15, 0.2) is 53.2 Å². The number of rotatable bonds is 7. The maximum atomic E-state index is 12.7.